The molecule has 1 N–H and O–H groups in total. The molecule has 6 nitrogen and oxygen atoms in total. The van der Waals surface area contributed by atoms with Crippen LogP contribution in [0.2, 0.25) is 0 Å². The molecule has 2 heterocycles. The maximum atomic E-state index is 12.3. The summed E-state index contributed by atoms with van der Waals surface area (Å²) in [5, 5.41) is 5.25. The van der Waals surface area contributed by atoms with Gasteiger partial charge in [-0.2, -0.15) is 0 Å². The van der Waals surface area contributed by atoms with E-state index in [1.807, 2.05) is 42.5 Å². The summed E-state index contributed by atoms with van der Waals surface area (Å²) >= 11 is 0. The van der Waals surface area contributed by atoms with E-state index >= 15 is 0 Å². The van der Waals surface area contributed by atoms with Crippen LogP contribution < -0.4 is 10.1 Å². The highest BCUT2D eigenvalue weighted by Gasteiger charge is 2.46. The first-order valence-corrected chi connectivity index (χ1v) is 12.0. The van der Waals surface area contributed by atoms with Gasteiger partial charge in [-0.25, -0.2) is 8.42 Å². The third-order valence-electron chi connectivity index (χ3n) is 5.77. The first-order chi connectivity index (χ1) is 13.9. The normalized spacial score (nSPS) is 25.9. The Morgan fingerprint density at radius 1 is 1.21 bits per heavy atom. The summed E-state index contributed by atoms with van der Waals surface area (Å²) in [7, 11) is -3.02. The molecule has 156 valence electrons. The number of hydrogen-bond acceptors (Lipinski definition) is 5. The van der Waals surface area contributed by atoms with Crippen LogP contribution in [0.3, 0.4) is 0 Å². The maximum absolute atomic E-state index is 12.3. The van der Waals surface area contributed by atoms with Crippen molar-refractivity contribution in [2.75, 3.05) is 24.7 Å². The molecule has 0 saturated carbocycles. The lowest BCUT2D eigenvalue weighted by atomic mass is 9.90. The lowest BCUT2D eigenvalue weighted by molar-refractivity contribution is -0.124. The van der Waals surface area contributed by atoms with Crippen LogP contribution in [-0.2, 0) is 19.4 Å². The monoisotopic (exact) mass is 417 g/mol. The molecular formula is C22H27NO5S. The zero-order valence-corrected chi connectivity index (χ0v) is 17.2. The molecule has 2 aliphatic heterocycles. The van der Waals surface area contributed by atoms with E-state index in [0.29, 0.717) is 38.9 Å². The largest absolute Gasteiger partial charge is 0.493 e. The summed E-state index contributed by atoms with van der Waals surface area (Å²) in [6.45, 7) is 0.960. The number of carbonyl (C=O) groups excluding carboxylic acids is 1. The lowest BCUT2D eigenvalue weighted by Crippen LogP contribution is -2.49. The Labute approximate surface area is 171 Å². The van der Waals surface area contributed by atoms with Gasteiger partial charge in [-0.15, -0.1) is 0 Å². The molecule has 2 saturated heterocycles. The summed E-state index contributed by atoms with van der Waals surface area (Å²) in [5.74, 6) is 1.07. The van der Waals surface area contributed by atoms with Gasteiger partial charge in [0, 0.05) is 24.5 Å². The van der Waals surface area contributed by atoms with Crippen LogP contribution in [0.1, 0.15) is 32.1 Å². The molecule has 2 aromatic carbocycles. The van der Waals surface area contributed by atoms with E-state index in [1.54, 1.807) is 0 Å². The minimum atomic E-state index is -3.02. The predicted octanol–water partition coefficient (Wildman–Crippen LogP) is 2.85. The van der Waals surface area contributed by atoms with Gasteiger partial charge in [-0.1, -0.05) is 36.4 Å². The SMILES string of the molecule is O=C(CCCOc1cccc2ccccc12)N[C@H]1CCO[C@@]2(CCS(=O)(=O)C2)C1. The standard InChI is InChI=1S/C22H27NO5S/c24-21(23-18-10-13-28-22(15-18)11-14-29(25,26)16-22)9-4-12-27-20-8-3-6-17-5-1-2-7-19(17)20/h1-3,5-8,18H,4,9-16H2,(H,23,24)/t18-,22-/m0/s1. The first-order valence-electron chi connectivity index (χ1n) is 10.2. The number of ether oxygens (including phenoxy) is 2. The van der Waals surface area contributed by atoms with Crippen LogP contribution in [0.4, 0.5) is 0 Å². The molecule has 7 heteroatoms. The van der Waals surface area contributed by atoms with Gasteiger partial charge in [0.05, 0.1) is 23.7 Å². The molecular weight excluding hydrogens is 390 g/mol. The van der Waals surface area contributed by atoms with E-state index < -0.39 is 15.4 Å². The fraction of sp³-hybridized carbons (Fsp3) is 0.500. The summed E-state index contributed by atoms with van der Waals surface area (Å²) < 4.78 is 35.3. The molecule has 2 fully saturated rings. The molecule has 0 unspecified atom stereocenters. The highest BCUT2D eigenvalue weighted by molar-refractivity contribution is 7.91. The highest BCUT2D eigenvalue weighted by atomic mass is 32.2. The smallest absolute Gasteiger partial charge is 0.220 e. The van der Waals surface area contributed by atoms with Crippen LogP contribution in [0.25, 0.3) is 10.8 Å². The fourth-order valence-electron chi connectivity index (χ4n) is 4.35. The topological polar surface area (TPSA) is 81.7 Å². The highest BCUT2D eigenvalue weighted by Crippen LogP contribution is 2.35. The third-order valence-corrected chi connectivity index (χ3v) is 7.56. The first kappa shape index (κ1) is 20.2. The molecule has 0 aromatic heterocycles. The molecule has 2 aliphatic rings. The Bertz CT molecular complexity index is 984. The molecule has 29 heavy (non-hydrogen) atoms. The molecule has 2 atom stereocenters. The number of hydrogen-bond donors (Lipinski definition) is 1. The number of rotatable bonds is 6. The van der Waals surface area contributed by atoms with Crippen LogP contribution in [-0.4, -0.2) is 50.7 Å². The second kappa shape index (κ2) is 8.32. The Morgan fingerprint density at radius 3 is 2.86 bits per heavy atom. The minimum absolute atomic E-state index is 0.0191. The molecule has 1 spiro atoms. The number of fused-ring (bicyclic) bond motifs is 1. The van der Waals surface area contributed by atoms with Crippen molar-refractivity contribution in [3.05, 3.63) is 42.5 Å². The molecule has 1 amide bonds. The van der Waals surface area contributed by atoms with E-state index in [1.165, 1.54) is 0 Å². The summed E-state index contributed by atoms with van der Waals surface area (Å²) in [5.41, 5.74) is -0.605. The van der Waals surface area contributed by atoms with E-state index in [9.17, 15) is 13.2 Å². The Balaban J connectivity index is 1.23. The van der Waals surface area contributed by atoms with Crippen molar-refractivity contribution in [2.45, 2.75) is 43.7 Å². The molecule has 4 rings (SSSR count). The number of sulfone groups is 1. The van der Waals surface area contributed by atoms with E-state index in [4.69, 9.17) is 9.47 Å². The van der Waals surface area contributed by atoms with Gasteiger partial charge in [-0.05, 0) is 37.1 Å². The van der Waals surface area contributed by atoms with Crippen molar-refractivity contribution in [2.24, 2.45) is 0 Å². The van der Waals surface area contributed by atoms with Crippen molar-refractivity contribution in [3.63, 3.8) is 0 Å². The molecule has 0 aliphatic carbocycles. The van der Waals surface area contributed by atoms with Gasteiger partial charge in [0.15, 0.2) is 9.84 Å². The number of carbonyl (C=O) groups is 1. The summed E-state index contributed by atoms with van der Waals surface area (Å²) in [4.78, 5) is 12.3. The minimum Gasteiger partial charge on any atom is -0.493 e. The average Bonchev–Trinajstić information content (AvgIpc) is 2.99. The van der Waals surface area contributed by atoms with Gasteiger partial charge in [0.25, 0.3) is 0 Å². The zero-order chi connectivity index (χ0) is 20.3. The van der Waals surface area contributed by atoms with Gasteiger partial charge in [0.1, 0.15) is 5.75 Å². The molecule has 0 bridgehead atoms. The van der Waals surface area contributed by atoms with Crippen molar-refractivity contribution in [1.29, 1.82) is 0 Å². The number of benzene rings is 2. The molecule has 2 aromatic rings. The van der Waals surface area contributed by atoms with Crippen molar-refractivity contribution < 1.29 is 22.7 Å². The van der Waals surface area contributed by atoms with E-state index in [2.05, 4.69) is 5.32 Å². The second-order valence-electron chi connectivity index (χ2n) is 8.06. The average molecular weight is 418 g/mol. The van der Waals surface area contributed by atoms with Gasteiger partial charge < -0.3 is 14.8 Å². The van der Waals surface area contributed by atoms with Crippen molar-refractivity contribution in [3.8, 4) is 5.75 Å². The fourth-order valence-corrected chi connectivity index (χ4v) is 6.32. The van der Waals surface area contributed by atoms with E-state index in [0.717, 1.165) is 22.9 Å². The van der Waals surface area contributed by atoms with Crippen molar-refractivity contribution >= 4 is 26.5 Å². The number of nitrogens with one attached hydrogen (secondary N) is 1. The van der Waals surface area contributed by atoms with Gasteiger partial charge in [0.2, 0.25) is 5.91 Å². The van der Waals surface area contributed by atoms with Crippen LogP contribution in [0, 0.1) is 0 Å². The van der Waals surface area contributed by atoms with E-state index in [-0.39, 0.29) is 23.5 Å². The summed E-state index contributed by atoms with van der Waals surface area (Å²) in [6, 6.07) is 14.0. The molecule has 0 radical (unpaired) electrons. The quantitative estimate of drug-likeness (QED) is 0.731. The summed E-state index contributed by atoms with van der Waals surface area (Å²) in [6.07, 6.45) is 2.83. The predicted molar refractivity (Wildman–Crippen MR) is 112 cm³/mol. The Kier molecular flexibility index (Phi) is 5.79. The zero-order valence-electron chi connectivity index (χ0n) is 16.4. The Hall–Kier alpha value is -2.12. The number of amides is 1. The lowest BCUT2D eigenvalue weighted by Gasteiger charge is -2.37. The second-order valence-corrected chi connectivity index (χ2v) is 10.2. The van der Waals surface area contributed by atoms with Crippen molar-refractivity contribution in [1.82, 2.24) is 5.32 Å². The van der Waals surface area contributed by atoms with Crippen LogP contribution in [0.5, 0.6) is 5.75 Å². The van der Waals surface area contributed by atoms with Gasteiger partial charge in [-0.3, -0.25) is 4.79 Å². The van der Waals surface area contributed by atoms with Gasteiger partial charge >= 0.3 is 0 Å². The van der Waals surface area contributed by atoms with Crippen LogP contribution in [0.15, 0.2) is 42.5 Å². The maximum Gasteiger partial charge on any atom is 0.220 e. The Morgan fingerprint density at radius 2 is 2.03 bits per heavy atom. The third kappa shape index (κ3) is 4.90. The van der Waals surface area contributed by atoms with Crippen LogP contribution >= 0.6 is 0 Å².